The van der Waals surface area contributed by atoms with Gasteiger partial charge in [-0.05, 0) is 34.5 Å². The van der Waals surface area contributed by atoms with Gasteiger partial charge in [-0.1, -0.05) is 41.1 Å². The molecular weight excluding hydrogens is 519 g/mol. The van der Waals surface area contributed by atoms with Crippen molar-refractivity contribution in [3.63, 3.8) is 0 Å². The zero-order valence-electron chi connectivity index (χ0n) is 20.0. The number of alkyl halides is 2. The minimum absolute atomic E-state index is 0.0114. The predicted molar refractivity (Wildman–Crippen MR) is 143 cm³/mol. The molecule has 1 fully saturated rings. The van der Waals surface area contributed by atoms with E-state index in [1.807, 2.05) is 5.32 Å². The van der Waals surface area contributed by atoms with Crippen molar-refractivity contribution in [1.82, 2.24) is 15.0 Å². The zero-order chi connectivity index (χ0) is 29.3. The summed E-state index contributed by atoms with van der Waals surface area (Å²) in [5.74, 6) is -10.6. The number of hydrogen-bond acceptors (Lipinski definition) is 4. The number of benzene rings is 2. The molecule has 7 nitrogen and oxygen atoms in total. The Hall–Kier alpha value is -2.88. The van der Waals surface area contributed by atoms with Crippen molar-refractivity contribution in [3.8, 4) is 0 Å². The van der Waals surface area contributed by atoms with Crippen LogP contribution in [0.2, 0.25) is 15.5 Å². The van der Waals surface area contributed by atoms with Crippen LogP contribution in [0.4, 0.5) is 8.78 Å². The van der Waals surface area contributed by atoms with E-state index in [1.165, 1.54) is 30.3 Å². The number of carbonyl (C=O) groups is 4. The third-order valence-electron chi connectivity index (χ3n) is 6.93. The summed E-state index contributed by atoms with van der Waals surface area (Å²) < 4.78 is 29.3. The molecule has 2 aliphatic rings. The average molecular weight is 530 g/mol. The molecule has 2 heterocycles. The SMILES string of the molecule is [B]C(NC(=O)C(F)(F)c1ccc(Cl)cc1)c1ccc2c(c1)CN(C1([B])C(=O)N([B])C(=O)C([B])([B])C1([B])[B])C2=O. The molecule has 1 saturated heterocycles. The molecule has 1 N–H and O–H groups in total. The molecule has 2 aromatic rings. The molecule has 2 atom stereocenters. The summed E-state index contributed by atoms with van der Waals surface area (Å²) >= 11 is 5.71. The van der Waals surface area contributed by atoms with Gasteiger partial charge in [0.05, 0.1) is 36.8 Å². The lowest BCUT2D eigenvalue weighted by Gasteiger charge is -2.62. The molecule has 39 heavy (non-hydrogen) atoms. The molecule has 0 bridgehead atoms. The van der Waals surface area contributed by atoms with Gasteiger partial charge < -0.3 is 15.0 Å². The van der Waals surface area contributed by atoms with Crippen LogP contribution in [0.1, 0.15) is 33.0 Å². The molecular formula is C22H11B7ClF2N3O4. The van der Waals surface area contributed by atoms with Crippen molar-refractivity contribution < 1.29 is 28.0 Å². The standard InChI is InChI=1S/C22H11B7ClF2N3O4/c23-14(33-16(37)19(31,32)11-2-4-12(30)5-3-11)9-1-6-13-10(7-9)8-34(15(13)36)21(26)18(39)35(29)17(38)20(24,25)22(21,27)28/h1-7,14H,8H2,(H,33,37). The number of fused-ring (bicyclic) bond motifs is 1. The molecule has 0 aliphatic carbocycles. The monoisotopic (exact) mass is 531 g/mol. The minimum Gasteiger partial charge on any atom is -0.352 e. The fraction of sp³-hybridized carbons (Fsp3) is 0.273. The fourth-order valence-corrected chi connectivity index (χ4v) is 4.53. The molecule has 4 amide bonds. The molecule has 180 valence electrons. The van der Waals surface area contributed by atoms with Gasteiger partial charge in [0.15, 0.2) is 0 Å². The van der Waals surface area contributed by atoms with Crippen molar-refractivity contribution in [1.29, 1.82) is 0 Å². The van der Waals surface area contributed by atoms with E-state index in [9.17, 15) is 28.0 Å². The first-order valence-corrected chi connectivity index (χ1v) is 11.5. The number of piperidine rings is 1. The van der Waals surface area contributed by atoms with Crippen molar-refractivity contribution >= 4 is 90.3 Å². The van der Waals surface area contributed by atoms with Crippen molar-refractivity contribution in [2.24, 2.45) is 0 Å². The van der Waals surface area contributed by atoms with Crippen molar-refractivity contribution in [2.75, 3.05) is 0 Å². The van der Waals surface area contributed by atoms with Gasteiger partial charge in [0.25, 0.3) is 11.8 Å². The Morgan fingerprint density at radius 3 is 2.18 bits per heavy atom. The number of amides is 4. The highest BCUT2D eigenvalue weighted by atomic mass is 35.5. The Balaban J connectivity index is 1.60. The van der Waals surface area contributed by atoms with E-state index in [0.29, 0.717) is 0 Å². The Kier molecular flexibility index (Phi) is 6.98. The number of nitrogens with one attached hydrogen (secondary N) is 1. The van der Waals surface area contributed by atoms with Crippen LogP contribution >= 0.6 is 11.6 Å². The summed E-state index contributed by atoms with van der Waals surface area (Å²) in [5.41, 5.74) is -2.95. The highest BCUT2D eigenvalue weighted by Gasteiger charge is 2.64. The molecule has 2 aromatic carbocycles. The van der Waals surface area contributed by atoms with E-state index < -0.39 is 63.5 Å². The maximum absolute atomic E-state index is 14.7. The maximum atomic E-state index is 14.7. The lowest BCUT2D eigenvalue weighted by atomic mass is 9.21. The predicted octanol–water partition coefficient (Wildman–Crippen LogP) is -0.405. The quantitative estimate of drug-likeness (QED) is 0.421. The number of imide groups is 1. The van der Waals surface area contributed by atoms with E-state index in [-0.39, 0.29) is 26.5 Å². The topological polar surface area (TPSA) is 86.8 Å². The van der Waals surface area contributed by atoms with Crippen molar-refractivity contribution in [3.05, 3.63) is 69.7 Å². The Labute approximate surface area is 237 Å². The van der Waals surface area contributed by atoms with E-state index in [0.717, 1.165) is 17.0 Å². The Bertz CT molecular complexity index is 1410. The van der Waals surface area contributed by atoms with Gasteiger partial charge in [-0.3, -0.25) is 19.2 Å². The van der Waals surface area contributed by atoms with Crippen LogP contribution in [-0.4, -0.2) is 93.8 Å². The van der Waals surface area contributed by atoms with Crippen LogP contribution in [0.15, 0.2) is 42.5 Å². The van der Waals surface area contributed by atoms with E-state index in [1.54, 1.807) is 0 Å². The summed E-state index contributed by atoms with van der Waals surface area (Å²) in [6.07, 6.45) is 0. The van der Waals surface area contributed by atoms with Gasteiger partial charge in [-0.2, -0.15) is 8.78 Å². The first-order valence-electron chi connectivity index (χ1n) is 11.1. The van der Waals surface area contributed by atoms with Crippen LogP contribution < -0.4 is 5.32 Å². The smallest absolute Gasteiger partial charge is 0.349 e. The van der Waals surface area contributed by atoms with Gasteiger partial charge in [-0.25, -0.2) is 0 Å². The Morgan fingerprint density at radius 2 is 1.59 bits per heavy atom. The van der Waals surface area contributed by atoms with Gasteiger partial charge in [-0.15, -0.1) is 0 Å². The third-order valence-corrected chi connectivity index (χ3v) is 7.18. The maximum Gasteiger partial charge on any atom is 0.349 e. The molecule has 0 aromatic heterocycles. The normalized spacial score (nSPS) is 22.9. The Morgan fingerprint density at radius 1 is 1.00 bits per heavy atom. The number of carbonyl (C=O) groups excluding carboxylic acids is 4. The number of nitrogens with zero attached hydrogens (tertiary/aromatic N) is 2. The van der Waals surface area contributed by atoms with Gasteiger partial charge in [0.1, 0.15) is 15.7 Å². The van der Waals surface area contributed by atoms with Crippen LogP contribution in [0.5, 0.6) is 0 Å². The lowest BCUT2D eigenvalue weighted by molar-refractivity contribution is -0.149. The highest BCUT2D eigenvalue weighted by molar-refractivity contribution is 6.68. The largest absolute Gasteiger partial charge is 0.352 e. The molecule has 0 spiro atoms. The lowest BCUT2D eigenvalue weighted by Crippen LogP contribution is -2.75. The van der Waals surface area contributed by atoms with Crippen molar-refractivity contribution in [2.45, 2.75) is 34.3 Å². The van der Waals surface area contributed by atoms with Crippen LogP contribution in [0.3, 0.4) is 0 Å². The van der Waals surface area contributed by atoms with E-state index in [2.05, 4.69) is 0 Å². The molecule has 2 unspecified atom stereocenters. The second-order valence-electron chi connectivity index (χ2n) is 9.33. The van der Waals surface area contributed by atoms with Gasteiger partial charge in [0, 0.05) is 28.6 Å². The highest BCUT2D eigenvalue weighted by Crippen LogP contribution is 2.56. The number of hydrogen-bond donors (Lipinski definition) is 1. The zero-order valence-corrected chi connectivity index (χ0v) is 20.8. The molecule has 14 radical (unpaired) electrons. The van der Waals surface area contributed by atoms with Gasteiger partial charge in [0.2, 0.25) is 19.8 Å². The second-order valence-corrected chi connectivity index (χ2v) is 9.76. The number of halogens is 3. The minimum atomic E-state index is -3.94. The molecule has 4 rings (SSSR count). The average Bonchev–Trinajstić information content (AvgIpc) is 3.22. The second kappa shape index (κ2) is 9.35. The summed E-state index contributed by atoms with van der Waals surface area (Å²) in [6, 6.07) is 8.31. The van der Waals surface area contributed by atoms with Gasteiger partial charge >= 0.3 is 5.92 Å². The third kappa shape index (κ3) is 4.17. The fourth-order valence-electron chi connectivity index (χ4n) is 4.41. The van der Waals surface area contributed by atoms with E-state index >= 15 is 0 Å². The number of rotatable bonds is 5. The summed E-state index contributed by atoms with van der Waals surface area (Å²) in [4.78, 5) is 51.8. The summed E-state index contributed by atoms with van der Waals surface area (Å²) in [6.45, 7) is -0.417. The molecule has 17 heteroatoms. The summed E-state index contributed by atoms with van der Waals surface area (Å²) in [5, 5.41) is -3.13. The first kappa shape index (κ1) is 29.1. The first-order chi connectivity index (χ1) is 17.9. The summed E-state index contributed by atoms with van der Waals surface area (Å²) in [7, 11) is 41.4. The van der Waals surface area contributed by atoms with Crippen LogP contribution in [0, 0.1) is 0 Å². The van der Waals surface area contributed by atoms with Crippen LogP contribution in [0.25, 0.3) is 0 Å². The van der Waals surface area contributed by atoms with Crippen LogP contribution in [-0.2, 0) is 26.9 Å². The molecule has 0 saturated carbocycles. The molecule has 2 aliphatic heterocycles. The van der Waals surface area contributed by atoms with E-state index in [4.69, 9.17) is 66.7 Å².